The topological polar surface area (TPSA) is 82.8 Å². The van der Waals surface area contributed by atoms with Gasteiger partial charge in [-0.15, -0.1) is 0 Å². The lowest BCUT2D eigenvalue weighted by molar-refractivity contribution is 0.600. The Morgan fingerprint density at radius 1 is 1.30 bits per heavy atom. The van der Waals surface area contributed by atoms with E-state index >= 15 is 0 Å². The Kier molecular flexibility index (Phi) is 3.88. The minimum Gasteiger partial charge on any atom is -0.263 e. The number of nitrogens with one attached hydrogen (secondary N) is 1. The summed E-state index contributed by atoms with van der Waals surface area (Å²) in [4.78, 5) is 3.34. The Hall–Kier alpha value is -2.17. The van der Waals surface area contributed by atoms with Crippen LogP contribution in [0.2, 0.25) is 5.02 Å². The molecule has 0 amide bonds. The number of rotatable bonds is 3. The molecule has 8 heteroatoms. The highest BCUT2D eigenvalue weighted by Gasteiger charge is 2.19. The van der Waals surface area contributed by atoms with E-state index < -0.39 is 15.8 Å². The van der Waals surface area contributed by atoms with Crippen LogP contribution in [0.15, 0.2) is 41.4 Å². The summed E-state index contributed by atoms with van der Waals surface area (Å²) in [5.74, 6) is -0.637. The molecule has 0 fully saturated rings. The zero-order valence-corrected chi connectivity index (χ0v) is 11.4. The molecule has 1 N–H and O–H groups in total. The quantitative estimate of drug-likeness (QED) is 0.944. The third kappa shape index (κ3) is 3.04. The van der Waals surface area contributed by atoms with E-state index in [0.29, 0.717) is 0 Å². The molecule has 20 heavy (non-hydrogen) atoms. The van der Waals surface area contributed by atoms with Gasteiger partial charge in [0.05, 0.1) is 22.9 Å². The minimum atomic E-state index is -4.01. The van der Waals surface area contributed by atoms with E-state index in [-0.39, 0.29) is 21.3 Å². The van der Waals surface area contributed by atoms with Gasteiger partial charge in [0.2, 0.25) is 0 Å². The van der Waals surface area contributed by atoms with Gasteiger partial charge in [-0.25, -0.2) is 17.8 Å². The summed E-state index contributed by atoms with van der Waals surface area (Å²) in [6.45, 7) is 0. The number of sulfonamides is 1. The largest absolute Gasteiger partial charge is 0.264 e. The molecule has 0 spiro atoms. The van der Waals surface area contributed by atoms with Gasteiger partial charge >= 0.3 is 0 Å². The lowest BCUT2D eigenvalue weighted by Crippen LogP contribution is -2.14. The number of pyridine rings is 1. The number of benzene rings is 1. The van der Waals surface area contributed by atoms with Crippen LogP contribution >= 0.6 is 11.6 Å². The van der Waals surface area contributed by atoms with Crippen molar-refractivity contribution in [1.29, 1.82) is 5.26 Å². The van der Waals surface area contributed by atoms with Gasteiger partial charge in [0.25, 0.3) is 10.0 Å². The maximum absolute atomic E-state index is 12.7. The first-order chi connectivity index (χ1) is 9.42. The van der Waals surface area contributed by atoms with Crippen LogP contribution in [0.1, 0.15) is 5.56 Å². The van der Waals surface area contributed by atoms with E-state index in [4.69, 9.17) is 16.9 Å². The number of hydrogen-bond donors (Lipinski definition) is 1. The summed E-state index contributed by atoms with van der Waals surface area (Å²) in [5.41, 5.74) is 0.154. The second kappa shape index (κ2) is 5.45. The summed E-state index contributed by atoms with van der Waals surface area (Å²) < 4.78 is 39.1. The fourth-order valence-corrected chi connectivity index (χ4v) is 2.94. The fraction of sp³-hybridized carbons (Fsp3) is 0. The molecule has 0 aliphatic carbocycles. The van der Waals surface area contributed by atoms with E-state index in [1.165, 1.54) is 18.2 Å². The van der Waals surface area contributed by atoms with Gasteiger partial charge in [-0.05, 0) is 30.3 Å². The lowest BCUT2D eigenvalue weighted by atomic mass is 10.2. The van der Waals surface area contributed by atoms with Crippen molar-refractivity contribution >= 4 is 27.4 Å². The Morgan fingerprint density at radius 3 is 2.65 bits per heavy atom. The van der Waals surface area contributed by atoms with Crippen LogP contribution in [0.3, 0.4) is 0 Å². The smallest absolute Gasteiger partial charge is 0.263 e. The Labute approximate surface area is 119 Å². The van der Waals surface area contributed by atoms with Gasteiger partial charge in [-0.2, -0.15) is 5.26 Å². The number of nitrogens with zero attached hydrogens (tertiary/aromatic N) is 2. The molecule has 0 aliphatic heterocycles. The standard InChI is InChI=1S/C12H7ClFN3O2S/c13-10-3-1-8(6-15)5-11(10)20(18,19)17-12-4-2-9(14)7-16-12/h1-5,7H,(H,16,17). The van der Waals surface area contributed by atoms with Gasteiger partial charge in [0.15, 0.2) is 0 Å². The number of anilines is 1. The predicted molar refractivity (Wildman–Crippen MR) is 71.2 cm³/mol. The molecule has 102 valence electrons. The first-order valence-corrected chi connectivity index (χ1v) is 7.12. The van der Waals surface area contributed by atoms with Crippen LogP contribution in [0.4, 0.5) is 10.2 Å². The van der Waals surface area contributed by atoms with Gasteiger partial charge in [-0.1, -0.05) is 11.6 Å². The van der Waals surface area contributed by atoms with Gasteiger partial charge in [0, 0.05) is 0 Å². The SMILES string of the molecule is N#Cc1ccc(Cl)c(S(=O)(=O)Nc2ccc(F)cn2)c1. The molecule has 0 atom stereocenters. The van der Waals surface area contributed by atoms with E-state index in [0.717, 1.165) is 18.3 Å². The molecule has 0 aliphatic rings. The molecule has 2 aromatic rings. The summed E-state index contributed by atoms with van der Waals surface area (Å²) in [6.07, 6.45) is 0.880. The Bertz CT molecular complexity index is 785. The molecule has 1 aromatic carbocycles. The summed E-state index contributed by atoms with van der Waals surface area (Å²) in [7, 11) is -4.01. The maximum atomic E-state index is 12.7. The molecule has 0 bridgehead atoms. The second-order valence-corrected chi connectivity index (χ2v) is 5.78. The highest BCUT2D eigenvalue weighted by molar-refractivity contribution is 7.92. The van der Waals surface area contributed by atoms with Crippen molar-refractivity contribution in [3.8, 4) is 6.07 Å². The second-order valence-electron chi connectivity index (χ2n) is 3.72. The van der Waals surface area contributed by atoms with Crippen molar-refractivity contribution in [3.05, 3.63) is 52.9 Å². The first kappa shape index (κ1) is 14.2. The first-order valence-electron chi connectivity index (χ1n) is 5.26. The van der Waals surface area contributed by atoms with Gasteiger partial charge < -0.3 is 0 Å². The molecule has 0 saturated carbocycles. The third-order valence-electron chi connectivity index (χ3n) is 2.32. The molecule has 1 heterocycles. The molecule has 2 rings (SSSR count). The zero-order chi connectivity index (χ0) is 14.8. The van der Waals surface area contributed by atoms with Crippen LogP contribution in [-0.2, 0) is 10.0 Å². The monoisotopic (exact) mass is 311 g/mol. The van der Waals surface area contributed by atoms with E-state index in [9.17, 15) is 12.8 Å². The van der Waals surface area contributed by atoms with E-state index in [1.54, 1.807) is 0 Å². The van der Waals surface area contributed by atoms with E-state index in [1.807, 2.05) is 6.07 Å². The van der Waals surface area contributed by atoms with Gasteiger partial charge in [0.1, 0.15) is 16.5 Å². The molecular formula is C12H7ClFN3O2S. The van der Waals surface area contributed by atoms with Crippen LogP contribution in [0.5, 0.6) is 0 Å². The van der Waals surface area contributed by atoms with Crippen molar-refractivity contribution in [2.45, 2.75) is 4.90 Å². The van der Waals surface area contributed by atoms with Crippen LogP contribution in [-0.4, -0.2) is 13.4 Å². The molecule has 0 radical (unpaired) electrons. The van der Waals surface area contributed by atoms with E-state index in [2.05, 4.69) is 9.71 Å². The minimum absolute atomic E-state index is 0.0291. The maximum Gasteiger partial charge on any atom is 0.264 e. The van der Waals surface area contributed by atoms with Gasteiger partial charge in [-0.3, -0.25) is 4.72 Å². The highest BCUT2D eigenvalue weighted by Crippen LogP contribution is 2.24. The van der Waals surface area contributed by atoms with Crippen molar-refractivity contribution < 1.29 is 12.8 Å². The average molecular weight is 312 g/mol. The molecule has 1 aromatic heterocycles. The Balaban J connectivity index is 2.40. The van der Waals surface area contributed by atoms with Crippen molar-refractivity contribution in [1.82, 2.24) is 4.98 Å². The number of aromatic nitrogens is 1. The van der Waals surface area contributed by atoms with Crippen LogP contribution in [0, 0.1) is 17.1 Å². The van der Waals surface area contributed by atoms with Crippen LogP contribution < -0.4 is 4.72 Å². The molecule has 5 nitrogen and oxygen atoms in total. The number of nitriles is 1. The normalized spacial score (nSPS) is 10.8. The van der Waals surface area contributed by atoms with Crippen molar-refractivity contribution in [3.63, 3.8) is 0 Å². The number of hydrogen-bond acceptors (Lipinski definition) is 4. The summed E-state index contributed by atoms with van der Waals surface area (Å²) >= 11 is 5.82. The molecule has 0 saturated heterocycles. The fourth-order valence-electron chi connectivity index (χ4n) is 1.41. The lowest BCUT2D eigenvalue weighted by Gasteiger charge is -2.08. The van der Waals surface area contributed by atoms with Crippen LogP contribution in [0.25, 0.3) is 0 Å². The van der Waals surface area contributed by atoms with Crippen molar-refractivity contribution in [2.75, 3.05) is 4.72 Å². The van der Waals surface area contributed by atoms with Crippen molar-refractivity contribution in [2.24, 2.45) is 0 Å². The number of halogens is 2. The molecule has 0 unspecified atom stereocenters. The third-order valence-corrected chi connectivity index (χ3v) is 4.15. The predicted octanol–water partition coefficient (Wildman–Crippen LogP) is 2.55. The highest BCUT2D eigenvalue weighted by atomic mass is 35.5. The summed E-state index contributed by atoms with van der Waals surface area (Å²) in [5, 5.41) is 8.75. The Morgan fingerprint density at radius 2 is 2.05 bits per heavy atom. The molecular weight excluding hydrogens is 305 g/mol. The zero-order valence-electron chi connectivity index (χ0n) is 9.84. The summed E-state index contributed by atoms with van der Waals surface area (Å²) in [6, 6.07) is 7.92. The average Bonchev–Trinajstić information content (AvgIpc) is 2.41.